The van der Waals surface area contributed by atoms with Crippen molar-refractivity contribution in [1.82, 2.24) is 14.9 Å². The maximum atomic E-state index is 14.3. The molecule has 1 aliphatic heterocycles. The molecule has 2 N–H and O–H groups in total. The van der Waals surface area contributed by atoms with Crippen LogP contribution in [0, 0.1) is 11.6 Å². The van der Waals surface area contributed by atoms with E-state index >= 15 is 0 Å². The van der Waals surface area contributed by atoms with Gasteiger partial charge in [0.1, 0.15) is 22.9 Å². The number of aromatic hydroxyl groups is 1. The molecule has 0 saturated carbocycles. The van der Waals surface area contributed by atoms with E-state index in [1.54, 1.807) is 0 Å². The van der Waals surface area contributed by atoms with E-state index in [9.17, 15) is 23.5 Å². The average Bonchev–Trinajstić information content (AvgIpc) is 3.32. The molecular formula is C28H31F2N3O3. The number of H-pyrrole nitrogens is 1. The molecule has 1 atom stereocenters. The summed E-state index contributed by atoms with van der Waals surface area (Å²) in [5.41, 5.74) is 1.96. The van der Waals surface area contributed by atoms with Crippen molar-refractivity contribution in [2.75, 3.05) is 13.1 Å². The summed E-state index contributed by atoms with van der Waals surface area (Å²) >= 11 is 0. The summed E-state index contributed by atoms with van der Waals surface area (Å²) in [6, 6.07) is 8.50. The number of likely N-dealkylation sites (tertiary alicyclic amines) is 1. The third-order valence-corrected chi connectivity index (χ3v) is 6.80. The fourth-order valence-corrected chi connectivity index (χ4v) is 4.79. The number of amides is 1. The predicted octanol–water partition coefficient (Wildman–Crippen LogP) is 5.52. The third kappa shape index (κ3) is 5.03. The van der Waals surface area contributed by atoms with E-state index in [1.165, 1.54) is 4.90 Å². The second-order valence-corrected chi connectivity index (χ2v) is 9.67. The van der Waals surface area contributed by atoms with Gasteiger partial charge in [0.25, 0.3) is 11.5 Å². The second kappa shape index (κ2) is 10.6. The first-order valence-electron chi connectivity index (χ1n) is 12.4. The zero-order valence-electron chi connectivity index (χ0n) is 20.8. The number of hydrogen-bond donors (Lipinski definition) is 2. The fraction of sp³-hybridized carbons (Fsp3) is 0.393. The summed E-state index contributed by atoms with van der Waals surface area (Å²) in [6.45, 7) is 6.56. The molecule has 6 nitrogen and oxygen atoms in total. The van der Waals surface area contributed by atoms with Gasteiger partial charge in [0.05, 0.1) is 11.9 Å². The summed E-state index contributed by atoms with van der Waals surface area (Å²) in [4.78, 5) is 34.6. The Balaban J connectivity index is 1.72. The predicted molar refractivity (Wildman–Crippen MR) is 134 cm³/mol. The number of carbonyl (C=O) groups excluding carboxylic acids is 1. The van der Waals surface area contributed by atoms with Gasteiger partial charge in [-0.05, 0) is 36.3 Å². The largest absolute Gasteiger partial charge is 0.506 e. The summed E-state index contributed by atoms with van der Waals surface area (Å²) in [6.07, 6.45) is 3.63. The van der Waals surface area contributed by atoms with Crippen LogP contribution >= 0.6 is 0 Å². The first kappa shape index (κ1) is 25.5. The molecule has 36 heavy (non-hydrogen) atoms. The number of aromatic nitrogens is 2. The number of aryl methyl sites for hydroxylation is 1. The highest BCUT2D eigenvalue weighted by molar-refractivity contribution is 5.99. The minimum Gasteiger partial charge on any atom is -0.506 e. The lowest BCUT2D eigenvalue weighted by Gasteiger charge is -2.20. The maximum Gasteiger partial charge on any atom is 0.264 e. The summed E-state index contributed by atoms with van der Waals surface area (Å²) in [5.74, 6) is -2.66. The number of pyridine rings is 2. The molecular weight excluding hydrogens is 464 g/mol. The molecule has 1 saturated heterocycles. The molecule has 190 valence electrons. The van der Waals surface area contributed by atoms with Gasteiger partial charge in [0.2, 0.25) is 0 Å². The van der Waals surface area contributed by atoms with Gasteiger partial charge in [-0.1, -0.05) is 51.5 Å². The van der Waals surface area contributed by atoms with E-state index in [0.717, 1.165) is 36.2 Å². The number of nitrogens with one attached hydrogen (secondary N) is 1. The van der Waals surface area contributed by atoms with E-state index in [-0.39, 0.29) is 36.0 Å². The summed E-state index contributed by atoms with van der Waals surface area (Å²) in [5, 5.41) is 11.3. The monoisotopic (exact) mass is 495 g/mol. The quantitative estimate of drug-likeness (QED) is 0.452. The Kier molecular flexibility index (Phi) is 7.52. The van der Waals surface area contributed by atoms with Crippen molar-refractivity contribution < 1.29 is 18.7 Å². The lowest BCUT2D eigenvalue weighted by molar-refractivity contribution is 0.0785. The second-order valence-electron chi connectivity index (χ2n) is 9.67. The molecule has 4 rings (SSSR count). The topological polar surface area (TPSA) is 86.3 Å². The standard InChI is InChI=1S/C28H31F2N3O3/c1-4-5-9-22-23(18-8-6-7-17(12-18)16(2)3)26(34)24(27(35)32-22)28(36)33-11-10-19(15-33)25-21(30)13-20(29)14-31-25/h6-8,12-14,16,19H,4-5,9-11,15H2,1-3H3,(H2,32,34,35). The van der Waals surface area contributed by atoms with Crippen molar-refractivity contribution in [3.8, 4) is 16.9 Å². The van der Waals surface area contributed by atoms with Crippen LogP contribution in [0.25, 0.3) is 11.1 Å². The normalized spacial score (nSPS) is 15.6. The molecule has 0 aliphatic carbocycles. The molecule has 3 heterocycles. The zero-order chi connectivity index (χ0) is 26.0. The lowest BCUT2D eigenvalue weighted by Crippen LogP contribution is -2.33. The van der Waals surface area contributed by atoms with Gasteiger partial charge in [0, 0.05) is 36.3 Å². The van der Waals surface area contributed by atoms with E-state index in [4.69, 9.17) is 0 Å². The van der Waals surface area contributed by atoms with Gasteiger partial charge < -0.3 is 15.0 Å². The van der Waals surface area contributed by atoms with Crippen molar-refractivity contribution in [1.29, 1.82) is 0 Å². The highest BCUT2D eigenvalue weighted by Gasteiger charge is 2.34. The van der Waals surface area contributed by atoms with Crippen molar-refractivity contribution in [3.63, 3.8) is 0 Å². The number of unbranched alkanes of at least 4 members (excludes halogenated alkanes) is 1. The van der Waals surface area contributed by atoms with Gasteiger partial charge in [-0.3, -0.25) is 14.6 Å². The van der Waals surface area contributed by atoms with E-state index in [2.05, 4.69) is 23.8 Å². The molecule has 2 aromatic heterocycles. The van der Waals surface area contributed by atoms with Crippen LogP contribution in [0.15, 0.2) is 41.3 Å². The molecule has 1 fully saturated rings. The highest BCUT2D eigenvalue weighted by atomic mass is 19.1. The van der Waals surface area contributed by atoms with Crippen LogP contribution in [0.1, 0.15) is 79.2 Å². The minimum absolute atomic E-state index is 0.0888. The van der Waals surface area contributed by atoms with Gasteiger partial charge in [-0.15, -0.1) is 0 Å². The number of benzene rings is 1. The van der Waals surface area contributed by atoms with Crippen LogP contribution in [0.5, 0.6) is 5.75 Å². The highest BCUT2D eigenvalue weighted by Crippen LogP contribution is 2.37. The Bertz CT molecular complexity index is 1340. The fourth-order valence-electron chi connectivity index (χ4n) is 4.79. The first-order valence-corrected chi connectivity index (χ1v) is 12.4. The Labute approximate surface area is 209 Å². The van der Waals surface area contributed by atoms with Gasteiger partial charge in [0.15, 0.2) is 0 Å². The van der Waals surface area contributed by atoms with Crippen LogP contribution in [0.3, 0.4) is 0 Å². The summed E-state index contributed by atoms with van der Waals surface area (Å²) in [7, 11) is 0. The number of hydrogen-bond acceptors (Lipinski definition) is 4. The van der Waals surface area contributed by atoms with Gasteiger partial charge in [-0.25, -0.2) is 8.78 Å². The number of nitrogens with zero attached hydrogens (tertiary/aromatic N) is 2. The van der Waals surface area contributed by atoms with E-state index in [0.29, 0.717) is 24.1 Å². The Morgan fingerprint density at radius 2 is 2.06 bits per heavy atom. The molecule has 3 aromatic rings. The van der Waals surface area contributed by atoms with Gasteiger partial charge in [-0.2, -0.15) is 0 Å². The third-order valence-electron chi connectivity index (χ3n) is 6.80. The van der Waals surface area contributed by atoms with Crippen molar-refractivity contribution >= 4 is 5.91 Å². The van der Waals surface area contributed by atoms with Crippen LogP contribution in [0.2, 0.25) is 0 Å². The average molecular weight is 496 g/mol. The SMILES string of the molecule is CCCCc1[nH]c(=O)c(C(=O)N2CCC(c3ncc(F)cc3F)C2)c(O)c1-c1cccc(C(C)C)c1. The minimum atomic E-state index is -0.768. The smallest absolute Gasteiger partial charge is 0.264 e. The molecule has 1 aromatic carbocycles. The molecule has 0 bridgehead atoms. The summed E-state index contributed by atoms with van der Waals surface area (Å²) < 4.78 is 27.5. The molecule has 0 spiro atoms. The Morgan fingerprint density at radius 1 is 1.28 bits per heavy atom. The molecule has 0 radical (unpaired) electrons. The number of rotatable bonds is 7. The van der Waals surface area contributed by atoms with Crippen molar-refractivity contribution in [2.24, 2.45) is 0 Å². The van der Waals surface area contributed by atoms with Crippen LogP contribution in [-0.2, 0) is 6.42 Å². The van der Waals surface area contributed by atoms with E-state index in [1.807, 2.05) is 31.2 Å². The molecule has 1 aliphatic rings. The number of halogens is 2. The van der Waals surface area contributed by atoms with Gasteiger partial charge >= 0.3 is 0 Å². The van der Waals surface area contributed by atoms with Crippen molar-refractivity contribution in [3.05, 3.63) is 81.0 Å². The van der Waals surface area contributed by atoms with E-state index < -0.39 is 29.0 Å². The lowest BCUT2D eigenvalue weighted by atomic mass is 9.93. The first-order chi connectivity index (χ1) is 17.2. The van der Waals surface area contributed by atoms with Crippen LogP contribution in [0.4, 0.5) is 8.78 Å². The number of carbonyl (C=O) groups is 1. The van der Waals surface area contributed by atoms with Crippen LogP contribution in [-0.4, -0.2) is 39.0 Å². The number of aromatic amines is 1. The van der Waals surface area contributed by atoms with Crippen LogP contribution < -0.4 is 5.56 Å². The molecule has 1 amide bonds. The maximum absolute atomic E-state index is 14.3. The molecule has 8 heteroatoms. The Morgan fingerprint density at radius 3 is 2.75 bits per heavy atom. The zero-order valence-corrected chi connectivity index (χ0v) is 20.8. The molecule has 1 unspecified atom stereocenters. The van der Waals surface area contributed by atoms with Crippen molar-refractivity contribution in [2.45, 2.75) is 58.3 Å². The Hall–Kier alpha value is -3.55.